The molecule has 2 N–H and O–H groups in total. The summed E-state index contributed by atoms with van der Waals surface area (Å²) in [5.74, 6) is 0.0309. The highest BCUT2D eigenvalue weighted by molar-refractivity contribution is 6.74. The number of carbonyl (C=O) groups excluding carboxylic acids is 1. The lowest BCUT2D eigenvalue weighted by Gasteiger charge is -2.37. The van der Waals surface area contributed by atoms with Crippen LogP contribution in [0, 0.1) is 5.92 Å². The highest BCUT2D eigenvalue weighted by atomic mass is 28.4. The molecule has 2 aromatic rings. The van der Waals surface area contributed by atoms with E-state index >= 15 is 0 Å². The molecule has 0 bridgehead atoms. The summed E-state index contributed by atoms with van der Waals surface area (Å²) in [6.07, 6.45) is 0.576. The molecule has 3 atom stereocenters. The van der Waals surface area contributed by atoms with Crippen molar-refractivity contribution in [2.75, 3.05) is 25.2 Å². The van der Waals surface area contributed by atoms with Gasteiger partial charge in [0.1, 0.15) is 19.1 Å². The minimum absolute atomic E-state index is 0.00466. The summed E-state index contributed by atoms with van der Waals surface area (Å²) in [7, 11) is -2.04. The molecule has 14 heteroatoms. The third-order valence-electron chi connectivity index (χ3n) is 6.82. The molecule has 0 saturated carbocycles. The number of hydrogen-bond acceptors (Lipinski definition) is 9. The zero-order valence-electron chi connectivity index (χ0n) is 21.9. The van der Waals surface area contributed by atoms with Gasteiger partial charge in [-0.25, -0.2) is 4.98 Å². The number of ketones is 1. The molecular formula is C22H36N8O5Si. The van der Waals surface area contributed by atoms with Crippen molar-refractivity contribution >= 4 is 31.2 Å². The number of Topliss-reactive ketones (excluding diaryl/α,β-unsaturated/α-hetero) is 1. The van der Waals surface area contributed by atoms with Crippen molar-refractivity contribution in [3.8, 4) is 0 Å². The van der Waals surface area contributed by atoms with Gasteiger partial charge in [0.05, 0.1) is 25.6 Å². The maximum absolute atomic E-state index is 12.6. The standard InChI is InChI=1S/C22H36N8O5Si/c1-13(2)14(31)9-24-21-27-19-18(20(32)28-21)25-11-30(19)17-8-15(33-12-26-29-23)16(35-17)10-34-36(6,7)22(3,4)5/h11,13,15-17H,8-10,12H2,1-7H3,(H2,24,27,28,32)/t15?,16-,17-/m1/s1. The number of nitrogens with zero attached hydrogens (tertiary/aromatic N) is 6. The second-order valence-electron chi connectivity index (χ2n) is 10.7. The average Bonchev–Trinajstić information content (AvgIpc) is 3.39. The summed E-state index contributed by atoms with van der Waals surface area (Å²) in [6, 6.07) is 0. The molecule has 1 aliphatic heterocycles. The highest BCUT2D eigenvalue weighted by Gasteiger charge is 2.42. The smallest absolute Gasteiger partial charge is 0.280 e. The number of hydrogen-bond donors (Lipinski definition) is 2. The maximum atomic E-state index is 12.6. The number of azide groups is 1. The first-order valence-electron chi connectivity index (χ1n) is 12.0. The van der Waals surface area contributed by atoms with Crippen LogP contribution in [0.4, 0.5) is 5.95 Å². The molecule has 1 saturated heterocycles. The zero-order chi connectivity index (χ0) is 26.7. The van der Waals surface area contributed by atoms with Crippen LogP contribution in [0.2, 0.25) is 18.1 Å². The fourth-order valence-corrected chi connectivity index (χ4v) is 4.47. The fourth-order valence-electron chi connectivity index (χ4n) is 3.45. The van der Waals surface area contributed by atoms with Crippen molar-refractivity contribution in [3.05, 3.63) is 27.1 Å². The van der Waals surface area contributed by atoms with Gasteiger partial charge in [-0.1, -0.05) is 39.7 Å². The summed E-state index contributed by atoms with van der Waals surface area (Å²) in [6.45, 7) is 14.6. The van der Waals surface area contributed by atoms with E-state index in [-0.39, 0.29) is 41.5 Å². The monoisotopic (exact) mass is 520 g/mol. The average molecular weight is 521 g/mol. The number of anilines is 1. The van der Waals surface area contributed by atoms with Crippen LogP contribution in [-0.4, -0.2) is 65.7 Å². The number of aromatic nitrogens is 4. The van der Waals surface area contributed by atoms with E-state index in [1.165, 1.54) is 6.33 Å². The summed E-state index contributed by atoms with van der Waals surface area (Å²) in [5.41, 5.74) is 8.69. The molecule has 1 fully saturated rings. The Morgan fingerprint density at radius 2 is 2.17 bits per heavy atom. The Labute approximate surface area is 210 Å². The number of carbonyl (C=O) groups is 1. The number of fused-ring (bicyclic) bond motifs is 1. The zero-order valence-corrected chi connectivity index (χ0v) is 22.9. The Hall–Kier alpha value is -2.77. The second kappa shape index (κ2) is 11.1. The highest BCUT2D eigenvalue weighted by Crippen LogP contribution is 2.38. The molecule has 0 aromatic carbocycles. The minimum Gasteiger partial charge on any atom is -0.414 e. The SMILES string of the molecule is CC(C)C(=O)CNc1nc2c(ncn2[C@H]2CC(OCN=[N+]=[N-])[C@@H](CO[Si](C)(C)C(C)(C)C)O2)c(=O)[nH]1. The molecule has 0 radical (unpaired) electrons. The van der Waals surface area contributed by atoms with Crippen molar-refractivity contribution in [3.63, 3.8) is 0 Å². The van der Waals surface area contributed by atoms with Gasteiger partial charge in [-0.2, -0.15) is 4.98 Å². The molecule has 13 nitrogen and oxygen atoms in total. The summed E-state index contributed by atoms with van der Waals surface area (Å²) < 4.78 is 20.2. The van der Waals surface area contributed by atoms with Crippen molar-refractivity contribution in [2.45, 2.75) is 77.6 Å². The van der Waals surface area contributed by atoms with E-state index in [0.29, 0.717) is 18.7 Å². The molecular weight excluding hydrogens is 484 g/mol. The van der Waals surface area contributed by atoms with Gasteiger partial charge in [-0.05, 0) is 23.7 Å². The van der Waals surface area contributed by atoms with Crippen LogP contribution in [0.25, 0.3) is 21.6 Å². The van der Waals surface area contributed by atoms with Gasteiger partial charge in [-0.15, -0.1) is 0 Å². The van der Waals surface area contributed by atoms with Gasteiger partial charge < -0.3 is 19.2 Å². The third kappa shape index (κ3) is 6.31. The number of rotatable bonds is 11. The van der Waals surface area contributed by atoms with E-state index < -0.39 is 32.3 Å². The normalized spacial score (nSPS) is 20.6. The van der Waals surface area contributed by atoms with Gasteiger partial charge in [0.25, 0.3) is 5.56 Å². The lowest BCUT2D eigenvalue weighted by molar-refractivity contribution is -0.120. The molecule has 3 heterocycles. The molecule has 1 aliphatic rings. The van der Waals surface area contributed by atoms with Crippen LogP contribution < -0.4 is 10.9 Å². The molecule has 198 valence electrons. The lowest BCUT2D eigenvalue weighted by atomic mass is 10.1. The van der Waals surface area contributed by atoms with Crippen LogP contribution in [0.5, 0.6) is 0 Å². The quantitative estimate of drug-likeness (QED) is 0.195. The fraction of sp³-hybridized carbons (Fsp3) is 0.727. The summed E-state index contributed by atoms with van der Waals surface area (Å²) in [5, 5.41) is 6.39. The molecule has 2 aromatic heterocycles. The van der Waals surface area contributed by atoms with Crippen molar-refractivity contribution in [1.82, 2.24) is 19.5 Å². The van der Waals surface area contributed by atoms with Crippen LogP contribution >= 0.6 is 0 Å². The number of H-pyrrole nitrogens is 1. The molecule has 0 amide bonds. The topological polar surface area (TPSA) is 169 Å². The van der Waals surface area contributed by atoms with Crippen LogP contribution in [0.3, 0.4) is 0 Å². The van der Waals surface area contributed by atoms with Crippen LogP contribution in [0.15, 0.2) is 16.2 Å². The van der Waals surface area contributed by atoms with Crippen LogP contribution in [-0.2, 0) is 18.7 Å². The Kier molecular flexibility index (Phi) is 8.57. The van der Waals surface area contributed by atoms with Crippen LogP contribution in [0.1, 0.15) is 47.3 Å². The number of nitrogens with one attached hydrogen (secondary N) is 2. The molecule has 1 unspecified atom stereocenters. The summed E-state index contributed by atoms with van der Waals surface area (Å²) in [4.78, 5) is 38.7. The van der Waals surface area contributed by atoms with Crippen molar-refractivity contribution in [2.24, 2.45) is 11.0 Å². The predicted octanol–water partition coefficient (Wildman–Crippen LogP) is 3.72. The van der Waals surface area contributed by atoms with Gasteiger partial charge >= 0.3 is 0 Å². The minimum atomic E-state index is -2.04. The first-order chi connectivity index (χ1) is 16.8. The Balaban J connectivity index is 1.84. The van der Waals surface area contributed by atoms with Gasteiger partial charge in [0.15, 0.2) is 25.3 Å². The molecule has 36 heavy (non-hydrogen) atoms. The Morgan fingerprint density at radius 3 is 2.81 bits per heavy atom. The van der Waals surface area contributed by atoms with E-state index in [1.54, 1.807) is 4.57 Å². The first-order valence-corrected chi connectivity index (χ1v) is 14.9. The first kappa shape index (κ1) is 27.8. The van der Waals surface area contributed by atoms with E-state index in [9.17, 15) is 9.59 Å². The van der Waals surface area contributed by atoms with E-state index in [0.717, 1.165) is 0 Å². The van der Waals surface area contributed by atoms with Crippen molar-refractivity contribution < 1.29 is 18.7 Å². The molecule has 3 rings (SSSR count). The van der Waals surface area contributed by atoms with E-state index in [2.05, 4.69) is 64.2 Å². The molecule has 0 aliphatic carbocycles. The lowest BCUT2D eigenvalue weighted by Crippen LogP contribution is -2.44. The number of ether oxygens (including phenoxy) is 2. The van der Waals surface area contributed by atoms with Gasteiger partial charge in [-0.3, -0.25) is 19.1 Å². The van der Waals surface area contributed by atoms with E-state index in [4.69, 9.17) is 19.4 Å². The maximum Gasteiger partial charge on any atom is 0.280 e. The van der Waals surface area contributed by atoms with Gasteiger partial charge in [0, 0.05) is 17.3 Å². The number of aromatic amines is 1. The summed E-state index contributed by atoms with van der Waals surface area (Å²) >= 11 is 0. The largest absolute Gasteiger partial charge is 0.414 e. The van der Waals surface area contributed by atoms with E-state index in [1.807, 2.05) is 13.8 Å². The van der Waals surface area contributed by atoms with Crippen molar-refractivity contribution in [1.29, 1.82) is 0 Å². The number of imidazole rings is 1. The Morgan fingerprint density at radius 1 is 1.44 bits per heavy atom. The molecule has 0 spiro atoms. The van der Waals surface area contributed by atoms with Gasteiger partial charge in [0.2, 0.25) is 5.95 Å². The predicted molar refractivity (Wildman–Crippen MR) is 137 cm³/mol. The second-order valence-corrected chi connectivity index (χ2v) is 15.5. The Bertz CT molecular complexity index is 1180. The third-order valence-corrected chi connectivity index (χ3v) is 11.3.